The lowest BCUT2D eigenvalue weighted by atomic mass is 9.93. The van der Waals surface area contributed by atoms with Crippen LogP contribution in [0.1, 0.15) is 61.8 Å². The summed E-state index contributed by atoms with van der Waals surface area (Å²) in [6.07, 6.45) is 15.8. The van der Waals surface area contributed by atoms with Crippen LogP contribution < -0.4 is 4.90 Å². The number of rotatable bonds is 5. The van der Waals surface area contributed by atoms with Crippen molar-refractivity contribution in [3.05, 3.63) is 206 Å². The van der Waals surface area contributed by atoms with E-state index in [0.29, 0.717) is 0 Å². The lowest BCUT2D eigenvalue weighted by Crippen LogP contribution is -2.16. The molecule has 0 unspecified atom stereocenters. The van der Waals surface area contributed by atoms with Gasteiger partial charge in [-0.05, 0) is 97.6 Å². The molecule has 7 aromatic carbocycles. The smallest absolute Gasteiger partial charge is 0.0546 e. The summed E-state index contributed by atoms with van der Waals surface area (Å²) < 4.78 is 0. The Hall–Kier alpha value is -6.18. The Balaban J connectivity index is 0.000000820. The van der Waals surface area contributed by atoms with Crippen molar-refractivity contribution in [1.82, 2.24) is 0 Å². The van der Waals surface area contributed by atoms with Crippen molar-refractivity contribution in [1.29, 1.82) is 0 Å². The van der Waals surface area contributed by atoms with E-state index in [-0.39, 0.29) is 0 Å². The Morgan fingerprint density at radius 2 is 1.00 bits per heavy atom. The van der Waals surface area contributed by atoms with Crippen molar-refractivity contribution < 1.29 is 0 Å². The number of allylic oxidation sites excluding steroid dienone is 8. The van der Waals surface area contributed by atoms with Crippen molar-refractivity contribution in [3.63, 3.8) is 0 Å². The third kappa shape index (κ3) is 10.1. The first-order valence-corrected chi connectivity index (χ1v) is 20.5. The first kappa shape index (κ1) is 42.6. The number of benzene rings is 7. The van der Waals surface area contributed by atoms with Crippen LogP contribution in [0.2, 0.25) is 0 Å². The van der Waals surface area contributed by atoms with Crippen LogP contribution in [0.3, 0.4) is 0 Å². The maximum Gasteiger partial charge on any atom is 0.0546 e. The predicted molar refractivity (Wildman–Crippen MR) is 253 cm³/mol. The molecule has 0 heterocycles. The average molecular weight is 734 g/mol. The van der Waals surface area contributed by atoms with Crippen LogP contribution in [0.15, 0.2) is 206 Å². The average Bonchev–Trinajstić information content (AvgIpc) is 3.29. The highest BCUT2D eigenvalue weighted by atomic mass is 15.1. The molecule has 1 aliphatic carbocycles. The van der Waals surface area contributed by atoms with Gasteiger partial charge in [0.25, 0.3) is 0 Å². The number of hydrogen-bond donors (Lipinski definition) is 0. The lowest BCUT2D eigenvalue weighted by Gasteiger charge is -2.29. The maximum atomic E-state index is 4.28. The molecule has 0 atom stereocenters. The zero-order chi connectivity index (χ0) is 40.3. The largest absolute Gasteiger partial charge is 0.310 e. The molecule has 56 heavy (non-hydrogen) atoms. The summed E-state index contributed by atoms with van der Waals surface area (Å²) in [5, 5.41) is 7.29. The highest BCUT2D eigenvalue weighted by Gasteiger charge is 2.19. The highest BCUT2D eigenvalue weighted by molar-refractivity contribution is 6.16. The Morgan fingerprint density at radius 3 is 1.66 bits per heavy atom. The van der Waals surface area contributed by atoms with Gasteiger partial charge >= 0.3 is 0 Å². The summed E-state index contributed by atoms with van der Waals surface area (Å²) in [5.41, 5.74) is 9.14. The molecule has 7 aromatic rings. The Morgan fingerprint density at radius 1 is 0.429 bits per heavy atom. The molecule has 0 aliphatic heterocycles. The van der Waals surface area contributed by atoms with Crippen LogP contribution >= 0.6 is 0 Å². The van der Waals surface area contributed by atoms with E-state index in [0.717, 1.165) is 29.1 Å². The summed E-state index contributed by atoms with van der Waals surface area (Å²) in [5.74, 6) is 0. The van der Waals surface area contributed by atoms with Gasteiger partial charge in [0, 0.05) is 16.8 Å². The number of nitrogens with zero attached hydrogens (tertiary/aromatic N) is 1. The molecule has 1 nitrogen and oxygen atoms in total. The van der Waals surface area contributed by atoms with Crippen molar-refractivity contribution in [2.75, 3.05) is 4.90 Å². The van der Waals surface area contributed by atoms with Gasteiger partial charge in [0.15, 0.2) is 0 Å². The quantitative estimate of drug-likeness (QED) is 0.159. The Bertz CT molecular complexity index is 2420. The second kappa shape index (κ2) is 22.3. The second-order valence-corrected chi connectivity index (χ2v) is 12.3. The fourth-order valence-corrected chi connectivity index (χ4v) is 6.69. The Kier molecular flexibility index (Phi) is 16.9. The summed E-state index contributed by atoms with van der Waals surface area (Å²) in [7, 11) is 0. The van der Waals surface area contributed by atoms with E-state index in [1.165, 1.54) is 54.6 Å². The molecule has 0 radical (unpaired) electrons. The van der Waals surface area contributed by atoms with Gasteiger partial charge in [-0.15, -0.1) is 0 Å². The summed E-state index contributed by atoms with van der Waals surface area (Å²) in [6, 6.07) is 52.9. The van der Waals surface area contributed by atoms with E-state index in [2.05, 4.69) is 200 Å². The maximum absolute atomic E-state index is 4.28. The SMILES string of the molecule is C=C1/C=C\C=C/C/C=C(N(c2ccc3ccccc3c2)c2cc3ccc(-c4ccccc4)cc3c3cc(-c4ccccc4)ccc23)\C=C/1.CC.CC.CC.CC. The van der Waals surface area contributed by atoms with Crippen molar-refractivity contribution in [3.8, 4) is 22.3 Å². The fourth-order valence-electron chi connectivity index (χ4n) is 6.69. The normalized spacial score (nSPS) is 14.4. The first-order valence-electron chi connectivity index (χ1n) is 20.5. The number of hydrogen-bond acceptors (Lipinski definition) is 1. The van der Waals surface area contributed by atoms with Gasteiger partial charge in [-0.25, -0.2) is 0 Å². The molecule has 0 spiro atoms. The minimum absolute atomic E-state index is 0.810. The van der Waals surface area contributed by atoms with Crippen LogP contribution in [0, 0.1) is 0 Å². The fraction of sp³-hybridized carbons (Fsp3) is 0.164. The molecule has 1 heteroatoms. The lowest BCUT2D eigenvalue weighted by molar-refractivity contribution is 1.19. The first-order chi connectivity index (χ1) is 27.7. The van der Waals surface area contributed by atoms with Crippen LogP contribution in [0.25, 0.3) is 54.6 Å². The summed E-state index contributed by atoms with van der Waals surface area (Å²) in [4.78, 5) is 2.42. The minimum atomic E-state index is 0.810. The standard InChI is InChI=1S/C47H35N.4C2H6/c1-34-14-6-2-3-11-21-42(27-22-34)48(43-28-25-37-19-12-13-20-38(37)30-43)47-33-41-24-23-39(35-15-7-4-8-16-35)31-45(41)46-32-40(26-29-44(46)47)36-17-9-5-10-18-36;4*1-2/h2-10,12-33H,1,11H2;4*1-2H3/b3-2-,14-6-,27-22-,42-21+;;;;. The van der Waals surface area contributed by atoms with E-state index in [1.54, 1.807) is 0 Å². The molecule has 0 N–H and O–H groups in total. The van der Waals surface area contributed by atoms with Gasteiger partial charge in [-0.1, -0.05) is 214 Å². The molecule has 0 aromatic heterocycles. The van der Waals surface area contributed by atoms with Gasteiger partial charge in [-0.3, -0.25) is 0 Å². The minimum Gasteiger partial charge on any atom is -0.310 e. The molecule has 0 fully saturated rings. The van der Waals surface area contributed by atoms with Gasteiger partial charge in [-0.2, -0.15) is 0 Å². The molecule has 284 valence electrons. The summed E-state index contributed by atoms with van der Waals surface area (Å²) in [6.45, 7) is 20.3. The zero-order valence-electron chi connectivity index (χ0n) is 34.8. The van der Waals surface area contributed by atoms with Gasteiger partial charge < -0.3 is 4.90 Å². The van der Waals surface area contributed by atoms with E-state index in [9.17, 15) is 0 Å². The molecule has 8 rings (SSSR count). The van der Waals surface area contributed by atoms with Crippen LogP contribution in [-0.2, 0) is 0 Å². The van der Waals surface area contributed by atoms with E-state index >= 15 is 0 Å². The van der Waals surface area contributed by atoms with Gasteiger partial charge in [0.2, 0.25) is 0 Å². The van der Waals surface area contributed by atoms with E-state index in [4.69, 9.17) is 0 Å². The number of fused-ring (bicyclic) bond motifs is 4. The highest BCUT2D eigenvalue weighted by Crippen LogP contribution is 2.43. The van der Waals surface area contributed by atoms with Crippen LogP contribution in [0.4, 0.5) is 11.4 Å². The zero-order valence-corrected chi connectivity index (χ0v) is 34.8. The van der Waals surface area contributed by atoms with Gasteiger partial charge in [0.1, 0.15) is 0 Å². The third-order valence-electron chi connectivity index (χ3n) is 9.12. The van der Waals surface area contributed by atoms with Crippen LogP contribution in [0.5, 0.6) is 0 Å². The molecule has 1 aliphatic rings. The van der Waals surface area contributed by atoms with Crippen molar-refractivity contribution in [2.24, 2.45) is 0 Å². The van der Waals surface area contributed by atoms with Gasteiger partial charge in [0.05, 0.1) is 5.69 Å². The second-order valence-electron chi connectivity index (χ2n) is 12.3. The third-order valence-corrected chi connectivity index (χ3v) is 9.12. The Labute approximate surface area is 337 Å². The molecule has 0 amide bonds. The van der Waals surface area contributed by atoms with E-state index < -0.39 is 0 Å². The molecule has 0 bridgehead atoms. The topological polar surface area (TPSA) is 3.24 Å². The van der Waals surface area contributed by atoms with Crippen molar-refractivity contribution in [2.45, 2.75) is 61.8 Å². The monoisotopic (exact) mass is 733 g/mol. The molecule has 0 saturated carbocycles. The number of anilines is 2. The molecular weight excluding hydrogens is 675 g/mol. The molecular formula is C55H59N. The van der Waals surface area contributed by atoms with Crippen LogP contribution in [-0.4, -0.2) is 0 Å². The van der Waals surface area contributed by atoms with Crippen molar-refractivity contribution >= 4 is 43.7 Å². The predicted octanol–water partition coefficient (Wildman–Crippen LogP) is 17.2. The molecule has 0 saturated heterocycles. The van der Waals surface area contributed by atoms with E-state index in [1.807, 2.05) is 55.4 Å². The summed E-state index contributed by atoms with van der Waals surface area (Å²) >= 11 is 0.